The molecule has 5 rings (SSSR count). The van der Waals surface area contributed by atoms with Gasteiger partial charge >= 0.3 is 5.97 Å². The standard InChI is InChI=1S/C27H26ClF2N7O3/c1-14-9-17(15(2)32-18-3-4-21(28)34-24(18)26(39)40)23-19(10-14)33-20(13-31)25(35-23)37-7-5-36(6-8-37)22(38)11-16-12-27(16,29)30/h3-4,9-10,15-16,32H,5-8,11-12H2,1-2H3,(H,39,40)/t15-,16?/m1/s1. The molecule has 1 aliphatic carbocycles. The summed E-state index contributed by atoms with van der Waals surface area (Å²) in [5.74, 6) is -4.76. The maximum Gasteiger partial charge on any atom is 0.356 e. The lowest BCUT2D eigenvalue weighted by Gasteiger charge is -2.35. The van der Waals surface area contributed by atoms with Gasteiger partial charge in [-0.2, -0.15) is 5.26 Å². The van der Waals surface area contributed by atoms with Crippen LogP contribution in [0.25, 0.3) is 11.0 Å². The van der Waals surface area contributed by atoms with Crippen LogP contribution in [0.4, 0.5) is 20.3 Å². The number of benzene rings is 1. The van der Waals surface area contributed by atoms with Gasteiger partial charge in [0.05, 0.1) is 22.8 Å². The zero-order valence-corrected chi connectivity index (χ0v) is 22.5. The first-order valence-corrected chi connectivity index (χ1v) is 13.1. The SMILES string of the molecule is Cc1cc([C@@H](C)Nc2ccc(Cl)nc2C(=O)O)c2nc(N3CCN(C(=O)CC4CC4(F)F)CC3)c(C#N)nc2c1. The van der Waals surface area contributed by atoms with Crippen LogP contribution in [0, 0.1) is 24.2 Å². The molecule has 2 fully saturated rings. The number of nitrogens with one attached hydrogen (secondary N) is 1. The number of hydrogen-bond donors (Lipinski definition) is 2. The van der Waals surface area contributed by atoms with E-state index in [9.17, 15) is 28.7 Å². The molecule has 0 radical (unpaired) electrons. The summed E-state index contributed by atoms with van der Waals surface area (Å²) in [4.78, 5) is 41.0. The van der Waals surface area contributed by atoms with Crippen molar-refractivity contribution in [3.8, 4) is 6.07 Å². The number of amides is 1. The van der Waals surface area contributed by atoms with Crippen LogP contribution < -0.4 is 10.2 Å². The quantitative estimate of drug-likeness (QED) is 0.396. The zero-order chi connectivity index (χ0) is 28.8. The number of carboxylic acids is 1. The molecule has 2 aromatic heterocycles. The van der Waals surface area contributed by atoms with Crippen molar-refractivity contribution in [2.75, 3.05) is 36.4 Å². The highest BCUT2D eigenvalue weighted by Gasteiger charge is 2.57. The third kappa shape index (κ3) is 5.47. The Morgan fingerprint density at radius 1 is 1.23 bits per heavy atom. The van der Waals surface area contributed by atoms with E-state index in [1.165, 1.54) is 6.07 Å². The first-order valence-electron chi connectivity index (χ1n) is 12.8. The predicted molar refractivity (Wildman–Crippen MR) is 144 cm³/mol. The van der Waals surface area contributed by atoms with E-state index < -0.39 is 23.9 Å². The molecule has 2 aliphatic rings. The maximum absolute atomic E-state index is 13.3. The highest BCUT2D eigenvalue weighted by atomic mass is 35.5. The topological polar surface area (TPSA) is 135 Å². The largest absolute Gasteiger partial charge is 0.476 e. The van der Waals surface area contributed by atoms with Gasteiger partial charge in [-0.15, -0.1) is 0 Å². The van der Waals surface area contributed by atoms with Gasteiger partial charge < -0.3 is 20.2 Å². The monoisotopic (exact) mass is 569 g/mol. The summed E-state index contributed by atoms with van der Waals surface area (Å²) in [7, 11) is 0. The molecule has 0 bridgehead atoms. The van der Waals surface area contributed by atoms with Gasteiger partial charge in [-0.05, 0) is 37.6 Å². The van der Waals surface area contributed by atoms with Crippen LogP contribution in [0.3, 0.4) is 0 Å². The van der Waals surface area contributed by atoms with Crippen LogP contribution in [0.1, 0.15) is 53.1 Å². The van der Waals surface area contributed by atoms with Crippen molar-refractivity contribution in [2.45, 2.75) is 38.7 Å². The molecular formula is C27H26ClF2N7O3. The fraction of sp³-hybridized carbons (Fsp3) is 0.407. The second-order valence-electron chi connectivity index (χ2n) is 10.2. The Hall–Kier alpha value is -4.11. The molecule has 13 heteroatoms. The Labute approximate surface area is 233 Å². The number of hydrogen-bond acceptors (Lipinski definition) is 8. The number of aromatic nitrogens is 3. The van der Waals surface area contributed by atoms with E-state index in [1.807, 2.05) is 30.9 Å². The van der Waals surface area contributed by atoms with Gasteiger partial charge in [-0.3, -0.25) is 4.79 Å². The fourth-order valence-electron chi connectivity index (χ4n) is 4.97. The van der Waals surface area contributed by atoms with Crippen molar-refractivity contribution >= 4 is 46.0 Å². The number of piperazine rings is 1. The smallest absolute Gasteiger partial charge is 0.356 e. The number of nitrogens with zero attached hydrogens (tertiary/aromatic N) is 6. The first-order chi connectivity index (χ1) is 19.0. The van der Waals surface area contributed by atoms with Crippen molar-refractivity contribution in [1.82, 2.24) is 19.9 Å². The maximum atomic E-state index is 13.3. The Bertz CT molecular complexity index is 1550. The van der Waals surface area contributed by atoms with E-state index >= 15 is 0 Å². The summed E-state index contributed by atoms with van der Waals surface area (Å²) in [6, 6.07) is 8.47. The molecule has 2 N–H and O–H groups in total. The molecule has 1 saturated heterocycles. The van der Waals surface area contributed by atoms with Crippen molar-refractivity contribution in [3.63, 3.8) is 0 Å². The van der Waals surface area contributed by atoms with Crippen molar-refractivity contribution in [1.29, 1.82) is 5.26 Å². The number of alkyl halides is 2. The zero-order valence-electron chi connectivity index (χ0n) is 21.8. The number of aromatic carboxylic acids is 1. The van der Waals surface area contributed by atoms with Crippen molar-refractivity contribution in [3.05, 3.63) is 51.9 Å². The third-order valence-electron chi connectivity index (χ3n) is 7.24. The van der Waals surface area contributed by atoms with Gasteiger partial charge in [0, 0.05) is 50.5 Å². The summed E-state index contributed by atoms with van der Waals surface area (Å²) in [5, 5.41) is 22.7. The summed E-state index contributed by atoms with van der Waals surface area (Å²) in [6.45, 7) is 5.12. The van der Waals surface area contributed by atoms with Gasteiger partial charge in [0.2, 0.25) is 5.91 Å². The molecule has 208 valence electrons. The Morgan fingerprint density at radius 3 is 2.55 bits per heavy atom. The van der Waals surface area contributed by atoms with Gasteiger partial charge in [-0.25, -0.2) is 28.5 Å². The minimum absolute atomic E-state index is 0.0587. The van der Waals surface area contributed by atoms with E-state index in [-0.39, 0.29) is 41.0 Å². The van der Waals surface area contributed by atoms with E-state index in [2.05, 4.69) is 21.4 Å². The van der Waals surface area contributed by atoms with E-state index in [1.54, 1.807) is 11.0 Å². The minimum Gasteiger partial charge on any atom is -0.476 e. The highest BCUT2D eigenvalue weighted by molar-refractivity contribution is 6.29. The van der Waals surface area contributed by atoms with E-state index in [0.29, 0.717) is 43.0 Å². The number of nitriles is 1. The van der Waals surface area contributed by atoms with Crippen molar-refractivity contribution in [2.24, 2.45) is 5.92 Å². The molecular weight excluding hydrogens is 544 g/mol. The number of fused-ring (bicyclic) bond motifs is 1. The molecule has 1 aromatic carbocycles. The number of aryl methyl sites for hydroxylation is 1. The number of anilines is 2. The predicted octanol–water partition coefficient (Wildman–Crippen LogP) is 4.42. The van der Waals surface area contributed by atoms with Crippen LogP contribution in [0.5, 0.6) is 0 Å². The normalized spacial score (nSPS) is 18.8. The van der Waals surface area contributed by atoms with Crippen LogP contribution >= 0.6 is 11.6 Å². The van der Waals surface area contributed by atoms with Crippen LogP contribution in [0.15, 0.2) is 24.3 Å². The number of halogens is 3. The average Bonchev–Trinajstić information content (AvgIpc) is 3.53. The van der Waals surface area contributed by atoms with Crippen LogP contribution in [-0.2, 0) is 4.79 Å². The molecule has 0 spiro atoms. The number of carboxylic acid groups (broad SMARTS) is 1. The second-order valence-corrected chi connectivity index (χ2v) is 10.6. The molecule has 1 unspecified atom stereocenters. The minimum atomic E-state index is -2.73. The summed E-state index contributed by atoms with van der Waals surface area (Å²) in [5.41, 5.74) is 2.86. The van der Waals surface area contributed by atoms with Crippen LogP contribution in [-0.4, -0.2) is 68.9 Å². The summed E-state index contributed by atoms with van der Waals surface area (Å²) < 4.78 is 26.5. The van der Waals surface area contributed by atoms with Crippen LogP contribution in [0.2, 0.25) is 5.15 Å². The molecule has 1 saturated carbocycles. The lowest BCUT2D eigenvalue weighted by molar-refractivity contribution is -0.132. The number of carbonyl (C=O) groups excluding carboxylic acids is 1. The average molecular weight is 570 g/mol. The van der Waals surface area contributed by atoms with E-state index in [0.717, 1.165) is 11.1 Å². The van der Waals surface area contributed by atoms with Gasteiger partial charge in [-0.1, -0.05) is 17.7 Å². The van der Waals surface area contributed by atoms with E-state index in [4.69, 9.17) is 16.6 Å². The second kappa shape index (κ2) is 10.5. The number of carbonyl (C=O) groups is 2. The third-order valence-corrected chi connectivity index (χ3v) is 7.45. The molecule has 3 heterocycles. The summed E-state index contributed by atoms with van der Waals surface area (Å²) >= 11 is 5.89. The lowest BCUT2D eigenvalue weighted by atomic mass is 10.0. The van der Waals surface area contributed by atoms with Gasteiger partial charge in [0.25, 0.3) is 5.92 Å². The molecule has 2 atom stereocenters. The number of pyridine rings is 1. The lowest BCUT2D eigenvalue weighted by Crippen LogP contribution is -2.49. The number of rotatable bonds is 7. The first kappa shape index (κ1) is 27.5. The highest BCUT2D eigenvalue weighted by Crippen LogP contribution is 2.50. The fourth-order valence-corrected chi connectivity index (χ4v) is 5.12. The molecule has 1 aliphatic heterocycles. The van der Waals surface area contributed by atoms with Gasteiger partial charge in [0.15, 0.2) is 17.2 Å². The Balaban J connectivity index is 1.41. The Kier molecular flexibility index (Phi) is 7.18. The molecule has 10 nitrogen and oxygen atoms in total. The van der Waals surface area contributed by atoms with Crippen molar-refractivity contribution < 1.29 is 23.5 Å². The molecule has 1 amide bonds. The molecule has 40 heavy (non-hydrogen) atoms. The summed E-state index contributed by atoms with van der Waals surface area (Å²) in [6.07, 6.45) is -0.398. The molecule has 3 aromatic rings. The van der Waals surface area contributed by atoms with Gasteiger partial charge in [0.1, 0.15) is 11.2 Å². The Morgan fingerprint density at radius 2 is 1.93 bits per heavy atom.